The highest BCUT2D eigenvalue weighted by atomic mass is 127. The summed E-state index contributed by atoms with van der Waals surface area (Å²) in [6.07, 6.45) is 0. The van der Waals surface area contributed by atoms with Gasteiger partial charge in [-0.25, -0.2) is 13.8 Å². The standard InChI is InChI=1S/C16H17F2N3O2.HI/c1-22-14-6-4-12(8-15(14)23-2)21-16(19)20-9-10-7-11(17)3-5-13(10)18;/h3-8H,9H2,1-2H3,(H3,19,20,21);1H. The van der Waals surface area contributed by atoms with Gasteiger partial charge in [-0.05, 0) is 30.3 Å². The lowest BCUT2D eigenvalue weighted by atomic mass is 10.2. The lowest BCUT2D eigenvalue weighted by molar-refractivity contribution is 0.355. The minimum atomic E-state index is -0.533. The van der Waals surface area contributed by atoms with Crippen LogP contribution in [0, 0.1) is 11.6 Å². The van der Waals surface area contributed by atoms with Crippen molar-refractivity contribution in [3.63, 3.8) is 0 Å². The van der Waals surface area contributed by atoms with Crippen LogP contribution in [0.2, 0.25) is 0 Å². The van der Waals surface area contributed by atoms with Crippen molar-refractivity contribution in [3.8, 4) is 11.5 Å². The lowest BCUT2D eigenvalue weighted by Crippen LogP contribution is -2.22. The quantitative estimate of drug-likeness (QED) is 0.417. The summed E-state index contributed by atoms with van der Waals surface area (Å²) >= 11 is 0. The van der Waals surface area contributed by atoms with E-state index >= 15 is 0 Å². The van der Waals surface area contributed by atoms with Crippen molar-refractivity contribution in [1.29, 1.82) is 0 Å². The van der Waals surface area contributed by atoms with Crippen LogP contribution >= 0.6 is 24.0 Å². The fourth-order valence-corrected chi connectivity index (χ4v) is 1.94. The van der Waals surface area contributed by atoms with Gasteiger partial charge in [0.15, 0.2) is 17.5 Å². The predicted molar refractivity (Wildman–Crippen MR) is 100 cm³/mol. The number of nitrogens with one attached hydrogen (secondary N) is 1. The molecule has 0 heterocycles. The summed E-state index contributed by atoms with van der Waals surface area (Å²) in [5, 5.41) is 2.85. The van der Waals surface area contributed by atoms with Crippen LogP contribution in [0.3, 0.4) is 0 Å². The number of halogens is 3. The molecule has 5 nitrogen and oxygen atoms in total. The summed E-state index contributed by atoms with van der Waals surface area (Å²) in [5.41, 5.74) is 6.51. The van der Waals surface area contributed by atoms with Crippen LogP contribution in [0.1, 0.15) is 5.56 Å². The van der Waals surface area contributed by atoms with Crippen molar-refractivity contribution in [1.82, 2.24) is 0 Å². The molecule has 0 saturated carbocycles. The maximum absolute atomic E-state index is 13.5. The Hall–Kier alpha value is -2.10. The van der Waals surface area contributed by atoms with Crippen LogP contribution < -0.4 is 20.5 Å². The summed E-state index contributed by atoms with van der Waals surface area (Å²) in [4.78, 5) is 3.99. The van der Waals surface area contributed by atoms with Gasteiger partial charge >= 0.3 is 0 Å². The number of methoxy groups -OCH3 is 2. The highest BCUT2D eigenvalue weighted by Crippen LogP contribution is 2.29. The monoisotopic (exact) mass is 449 g/mol. The number of nitrogens with two attached hydrogens (primary N) is 1. The van der Waals surface area contributed by atoms with E-state index in [9.17, 15) is 8.78 Å². The van der Waals surface area contributed by atoms with E-state index in [2.05, 4.69) is 10.3 Å². The first kappa shape index (κ1) is 19.9. The number of benzene rings is 2. The third-order valence-corrected chi connectivity index (χ3v) is 3.08. The molecule has 2 aromatic carbocycles. The molecule has 130 valence electrons. The molecule has 0 atom stereocenters. The molecule has 0 aliphatic rings. The van der Waals surface area contributed by atoms with E-state index in [-0.39, 0.29) is 42.0 Å². The average Bonchev–Trinajstić information content (AvgIpc) is 2.55. The van der Waals surface area contributed by atoms with Crippen LogP contribution in [0.15, 0.2) is 41.4 Å². The van der Waals surface area contributed by atoms with Gasteiger partial charge in [0.1, 0.15) is 11.6 Å². The second-order valence-corrected chi connectivity index (χ2v) is 4.63. The Labute approximate surface area is 155 Å². The Kier molecular flexibility index (Phi) is 7.69. The molecule has 24 heavy (non-hydrogen) atoms. The van der Waals surface area contributed by atoms with E-state index in [4.69, 9.17) is 15.2 Å². The van der Waals surface area contributed by atoms with Gasteiger partial charge in [0, 0.05) is 17.3 Å². The van der Waals surface area contributed by atoms with Gasteiger partial charge in [0.25, 0.3) is 0 Å². The molecule has 3 N–H and O–H groups in total. The van der Waals surface area contributed by atoms with Gasteiger partial charge < -0.3 is 20.5 Å². The molecule has 0 radical (unpaired) electrons. The number of nitrogens with zero attached hydrogens (tertiary/aromatic N) is 1. The Bertz CT molecular complexity index is 726. The fraction of sp³-hybridized carbons (Fsp3) is 0.188. The van der Waals surface area contributed by atoms with Gasteiger partial charge in [-0.3, -0.25) is 0 Å². The molecule has 0 saturated heterocycles. The van der Waals surface area contributed by atoms with E-state index in [0.717, 1.165) is 18.2 Å². The molecular formula is C16H18F2IN3O2. The van der Waals surface area contributed by atoms with Gasteiger partial charge in [-0.1, -0.05) is 0 Å². The third kappa shape index (κ3) is 5.22. The van der Waals surface area contributed by atoms with Crippen molar-refractivity contribution in [2.24, 2.45) is 10.7 Å². The zero-order valence-electron chi connectivity index (χ0n) is 13.2. The second-order valence-electron chi connectivity index (χ2n) is 4.63. The summed E-state index contributed by atoms with van der Waals surface area (Å²) in [6.45, 7) is -0.0737. The van der Waals surface area contributed by atoms with Gasteiger partial charge in [0.2, 0.25) is 0 Å². The fourth-order valence-electron chi connectivity index (χ4n) is 1.94. The second kappa shape index (κ2) is 9.26. The van der Waals surface area contributed by atoms with Crippen molar-refractivity contribution >= 4 is 35.6 Å². The molecule has 0 spiro atoms. The smallest absolute Gasteiger partial charge is 0.193 e. The van der Waals surface area contributed by atoms with Crippen molar-refractivity contribution < 1.29 is 18.3 Å². The zero-order chi connectivity index (χ0) is 16.8. The van der Waals surface area contributed by atoms with Gasteiger partial charge in [-0.15, -0.1) is 24.0 Å². The highest BCUT2D eigenvalue weighted by Gasteiger charge is 2.06. The summed E-state index contributed by atoms with van der Waals surface area (Å²) < 4.78 is 36.9. The maximum Gasteiger partial charge on any atom is 0.193 e. The summed E-state index contributed by atoms with van der Waals surface area (Å²) in [5.74, 6) is 0.120. The molecule has 0 aromatic heterocycles. The molecule has 0 unspecified atom stereocenters. The SMILES string of the molecule is COc1ccc(NC(N)=NCc2cc(F)ccc2F)cc1OC.I. The Balaban J connectivity index is 0.00000288. The van der Waals surface area contributed by atoms with Crippen molar-refractivity contribution in [2.75, 3.05) is 19.5 Å². The number of anilines is 1. The minimum absolute atomic E-state index is 0. The van der Waals surface area contributed by atoms with Crippen LogP contribution in [0.4, 0.5) is 14.5 Å². The van der Waals surface area contributed by atoms with Crippen LogP contribution in [-0.2, 0) is 6.54 Å². The van der Waals surface area contributed by atoms with Crippen LogP contribution in [0.25, 0.3) is 0 Å². The maximum atomic E-state index is 13.5. The number of rotatable bonds is 5. The summed E-state index contributed by atoms with van der Waals surface area (Å²) in [7, 11) is 3.06. The molecular weight excluding hydrogens is 431 g/mol. The minimum Gasteiger partial charge on any atom is -0.493 e. The number of guanidine groups is 1. The third-order valence-electron chi connectivity index (χ3n) is 3.08. The van der Waals surface area contributed by atoms with E-state index in [1.165, 1.54) is 14.2 Å². The molecule has 0 aliphatic heterocycles. The van der Waals surface area contributed by atoms with E-state index in [0.29, 0.717) is 17.2 Å². The lowest BCUT2D eigenvalue weighted by Gasteiger charge is -2.11. The average molecular weight is 449 g/mol. The Morgan fingerprint density at radius 2 is 1.79 bits per heavy atom. The van der Waals surface area contributed by atoms with E-state index in [1.54, 1.807) is 18.2 Å². The molecule has 2 aromatic rings. The Morgan fingerprint density at radius 1 is 1.08 bits per heavy atom. The van der Waals surface area contributed by atoms with Gasteiger partial charge in [-0.2, -0.15) is 0 Å². The number of ether oxygens (including phenoxy) is 2. The zero-order valence-corrected chi connectivity index (χ0v) is 15.5. The number of hydrogen-bond acceptors (Lipinski definition) is 3. The van der Waals surface area contributed by atoms with Crippen molar-refractivity contribution in [3.05, 3.63) is 53.6 Å². The predicted octanol–water partition coefficient (Wildman–Crippen LogP) is 3.53. The largest absolute Gasteiger partial charge is 0.493 e. The number of aliphatic imine (C=N–C) groups is 1. The molecule has 0 amide bonds. The normalized spacial score (nSPS) is 10.8. The van der Waals surface area contributed by atoms with Gasteiger partial charge in [0.05, 0.1) is 20.8 Å². The Morgan fingerprint density at radius 3 is 2.46 bits per heavy atom. The first-order valence-corrected chi connectivity index (χ1v) is 6.76. The van der Waals surface area contributed by atoms with E-state index < -0.39 is 11.6 Å². The van der Waals surface area contributed by atoms with Crippen LogP contribution in [-0.4, -0.2) is 20.2 Å². The molecule has 2 rings (SSSR count). The first-order valence-electron chi connectivity index (χ1n) is 6.76. The van der Waals surface area contributed by atoms with Crippen LogP contribution in [0.5, 0.6) is 11.5 Å². The molecule has 0 aliphatic carbocycles. The topological polar surface area (TPSA) is 68.9 Å². The molecule has 0 fully saturated rings. The summed E-state index contributed by atoms with van der Waals surface area (Å²) in [6, 6.07) is 8.31. The van der Waals surface area contributed by atoms with E-state index in [1.807, 2.05) is 0 Å². The van der Waals surface area contributed by atoms with Crippen molar-refractivity contribution in [2.45, 2.75) is 6.54 Å². The highest BCUT2D eigenvalue weighted by molar-refractivity contribution is 14.0. The molecule has 0 bridgehead atoms. The molecule has 8 heteroatoms. The first-order chi connectivity index (χ1) is 11.0. The number of hydrogen-bond donors (Lipinski definition) is 2.